The lowest BCUT2D eigenvalue weighted by molar-refractivity contribution is -0.122. The maximum absolute atomic E-state index is 12.6. The second-order valence-corrected chi connectivity index (χ2v) is 6.66. The van der Waals surface area contributed by atoms with E-state index in [-0.39, 0.29) is 11.8 Å². The summed E-state index contributed by atoms with van der Waals surface area (Å²) in [7, 11) is 0. The normalized spacial score (nSPS) is 17.2. The lowest BCUT2D eigenvalue weighted by Crippen LogP contribution is -2.32. The van der Waals surface area contributed by atoms with Gasteiger partial charge in [-0.25, -0.2) is 4.68 Å². The predicted molar refractivity (Wildman–Crippen MR) is 94.2 cm³/mol. The minimum absolute atomic E-state index is 0.0222. The zero-order valence-electron chi connectivity index (χ0n) is 14.3. The molecule has 1 amide bonds. The van der Waals surface area contributed by atoms with Gasteiger partial charge in [-0.2, -0.15) is 0 Å². The first-order valence-electron chi connectivity index (χ1n) is 8.83. The highest BCUT2D eigenvalue weighted by Gasteiger charge is 2.28. The molecule has 0 spiro atoms. The Hall–Kier alpha value is -2.70. The van der Waals surface area contributed by atoms with Gasteiger partial charge in [-0.15, -0.1) is 5.10 Å². The number of fused-ring (bicyclic) bond motifs is 2. The SMILES string of the molecule is Cc1cccc2c(CCNC(=O)C3CCCCn4nnnc43)c[nH]c12. The van der Waals surface area contributed by atoms with Crippen molar-refractivity contribution in [1.82, 2.24) is 30.5 Å². The number of nitrogens with one attached hydrogen (secondary N) is 2. The smallest absolute Gasteiger partial charge is 0.230 e. The minimum Gasteiger partial charge on any atom is -0.361 e. The van der Waals surface area contributed by atoms with Crippen molar-refractivity contribution < 1.29 is 4.79 Å². The lowest BCUT2D eigenvalue weighted by Gasteiger charge is -2.13. The van der Waals surface area contributed by atoms with Gasteiger partial charge >= 0.3 is 0 Å². The molecular formula is C18H22N6O. The number of carbonyl (C=O) groups excluding carboxylic acids is 1. The summed E-state index contributed by atoms with van der Waals surface area (Å²) in [4.78, 5) is 16.0. The first kappa shape index (κ1) is 15.8. The van der Waals surface area contributed by atoms with Crippen LogP contribution in [-0.2, 0) is 17.8 Å². The molecule has 7 nitrogen and oxygen atoms in total. The summed E-state index contributed by atoms with van der Waals surface area (Å²) in [5.41, 5.74) is 3.63. The average Bonchev–Trinajstić information content (AvgIpc) is 3.19. The molecule has 7 heteroatoms. The Morgan fingerprint density at radius 3 is 3.24 bits per heavy atom. The fraction of sp³-hybridized carbons (Fsp3) is 0.444. The van der Waals surface area contributed by atoms with Crippen molar-refractivity contribution in [3.8, 4) is 0 Å². The molecule has 1 aliphatic heterocycles. The molecule has 0 saturated heterocycles. The Morgan fingerprint density at radius 1 is 1.40 bits per heavy atom. The van der Waals surface area contributed by atoms with Gasteiger partial charge in [-0.05, 0) is 47.7 Å². The number of hydrogen-bond acceptors (Lipinski definition) is 4. The van der Waals surface area contributed by atoms with Crippen LogP contribution in [-0.4, -0.2) is 37.6 Å². The number of tetrazole rings is 1. The molecule has 0 fully saturated rings. The topological polar surface area (TPSA) is 88.5 Å². The monoisotopic (exact) mass is 338 g/mol. The lowest BCUT2D eigenvalue weighted by atomic mass is 10.0. The molecule has 0 saturated carbocycles. The Labute approximate surface area is 145 Å². The quantitative estimate of drug-likeness (QED) is 0.762. The Kier molecular flexibility index (Phi) is 4.21. The number of amides is 1. The van der Waals surface area contributed by atoms with Gasteiger partial charge in [0.2, 0.25) is 5.91 Å². The summed E-state index contributed by atoms with van der Waals surface area (Å²) in [6, 6.07) is 6.29. The number of nitrogens with zero attached hydrogens (tertiary/aromatic N) is 4. The molecule has 1 unspecified atom stereocenters. The molecule has 2 N–H and O–H groups in total. The summed E-state index contributed by atoms with van der Waals surface area (Å²) in [6.07, 6.45) is 5.66. The number of aromatic amines is 1. The van der Waals surface area contributed by atoms with E-state index in [1.54, 1.807) is 4.68 Å². The van der Waals surface area contributed by atoms with Crippen LogP contribution < -0.4 is 5.32 Å². The van der Waals surface area contributed by atoms with E-state index in [0.717, 1.165) is 32.2 Å². The Bertz CT molecular complexity index is 896. The predicted octanol–water partition coefficient (Wildman–Crippen LogP) is 2.09. The number of rotatable bonds is 4. The van der Waals surface area contributed by atoms with Crippen LogP contribution in [0.25, 0.3) is 10.9 Å². The van der Waals surface area contributed by atoms with Crippen molar-refractivity contribution in [2.45, 2.75) is 45.1 Å². The van der Waals surface area contributed by atoms with Gasteiger partial charge in [-0.3, -0.25) is 4.79 Å². The highest BCUT2D eigenvalue weighted by molar-refractivity contribution is 5.86. The van der Waals surface area contributed by atoms with Crippen molar-refractivity contribution in [1.29, 1.82) is 0 Å². The third-order valence-corrected chi connectivity index (χ3v) is 5.00. The average molecular weight is 338 g/mol. The highest BCUT2D eigenvalue weighted by atomic mass is 16.1. The van der Waals surface area contributed by atoms with E-state index in [1.807, 2.05) is 6.20 Å². The fourth-order valence-electron chi connectivity index (χ4n) is 3.62. The fourth-order valence-corrected chi connectivity index (χ4v) is 3.62. The van der Waals surface area contributed by atoms with Gasteiger partial charge in [0.1, 0.15) is 0 Å². The van der Waals surface area contributed by atoms with Gasteiger partial charge < -0.3 is 10.3 Å². The molecule has 1 atom stereocenters. The van der Waals surface area contributed by atoms with Gasteiger partial charge in [0.05, 0.1) is 5.92 Å². The van der Waals surface area contributed by atoms with E-state index >= 15 is 0 Å². The third kappa shape index (κ3) is 3.01. The van der Waals surface area contributed by atoms with Crippen LogP contribution in [0.4, 0.5) is 0 Å². The van der Waals surface area contributed by atoms with Crippen molar-refractivity contribution in [3.05, 3.63) is 41.3 Å². The molecule has 2 aromatic heterocycles. The molecule has 1 aliphatic rings. The number of hydrogen-bond donors (Lipinski definition) is 2. The zero-order valence-corrected chi connectivity index (χ0v) is 14.3. The molecule has 4 rings (SSSR count). The third-order valence-electron chi connectivity index (χ3n) is 5.00. The van der Waals surface area contributed by atoms with Crippen LogP contribution in [0.3, 0.4) is 0 Å². The molecular weight excluding hydrogens is 316 g/mol. The van der Waals surface area contributed by atoms with Gasteiger partial charge in [0.15, 0.2) is 5.82 Å². The van der Waals surface area contributed by atoms with E-state index in [1.165, 1.54) is 22.0 Å². The van der Waals surface area contributed by atoms with E-state index in [2.05, 4.69) is 50.9 Å². The number of aromatic nitrogens is 5. The Balaban J connectivity index is 1.42. The zero-order chi connectivity index (χ0) is 17.2. The van der Waals surface area contributed by atoms with Crippen LogP contribution in [0.15, 0.2) is 24.4 Å². The largest absolute Gasteiger partial charge is 0.361 e. The second kappa shape index (κ2) is 6.66. The molecule has 25 heavy (non-hydrogen) atoms. The molecule has 3 heterocycles. The summed E-state index contributed by atoms with van der Waals surface area (Å²) < 4.78 is 1.76. The van der Waals surface area contributed by atoms with E-state index < -0.39 is 0 Å². The summed E-state index contributed by atoms with van der Waals surface area (Å²) >= 11 is 0. The van der Waals surface area contributed by atoms with E-state index in [4.69, 9.17) is 0 Å². The summed E-state index contributed by atoms with van der Waals surface area (Å²) in [5.74, 6) is 0.467. The molecule has 130 valence electrons. The van der Waals surface area contributed by atoms with Crippen LogP contribution in [0.1, 0.15) is 42.1 Å². The molecule has 3 aromatic rings. The molecule has 0 bridgehead atoms. The molecule has 0 aliphatic carbocycles. The van der Waals surface area contributed by atoms with Crippen molar-refractivity contribution >= 4 is 16.8 Å². The standard InChI is InChI=1S/C18H22N6O/c1-12-5-4-7-14-13(11-20-16(12)14)8-9-19-18(25)15-6-2-3-10-24-17(15)21-22-23-24/h4-5,7,11,15,20H,2-3,6,8-10H2,1H3,(H,19,25). The van der Waals surface area contributed by atoms with Crippen LogP contribution in [0.2, 0.25) is 0 Å². The van der Waals surface area contributed by atoms with Crippen molar-refractivity contribution in [2.75, 3.05) is 6.54 Å². The molecule has 1 aromatic carbocycles. The number of H-pyrrole nitrogens is 1. The number of para-hydroxylation sites is 1. The second-order valence-electron chi connectivity index (χ2n) is 6.66. The van der Waals surface area contributed by atoms with Crippen molar-refractivity contribution in [2.24, 2.45) is 0 Å². The van der Waals surface area contributed by atoms with Gasteiger partial charge in [-0.1, -0.05) is 24.6 Å². The van der Waals surface area contributed by atoms with Crippen molar-refractivity contribution in [3.63, 3.8) is 0 Å². The number of benzene rings is 1. The highest BCUT2D eigenvalue weighted by Crippen LogP contribution is 2.24. The van der Waals surface area contributed by atoms with Crippen LogP contribution in [0, 0.1) is 6.92 Å². The van der Waals surface area contributed by atoms with Crippen LogP contribution in [0.5, 0.6) is 0 Å². The Morgan fingerprint density at radius 2 is 2.32 bits per heavy atom. The van der Waals surface area contributed by atoms with Crippen LogP contribution >= 0.6 is 0 Å². The summed E-state index contributed by atoms with van der Waals surface area (Å²) in [6.45, 7) is 3.50. The van der Waals surface area contributed by atoms with Gasteiger partial charge in [0.25, 0.3) is 0 Å². The maximum atomic E-state index is 12.6. The van der Waals surface area contributed by atoms with E-state index in [0.29, 0.717) is 12.4 Å². The van der Waals surface area contributed by atoms with E-state index in [9.17, 15) is 4.79 Å². The van der Waals surface area contributed by atoms with Gasteiger partial charge in [0, 0.05) is 30.2 Å². The first-order valence-corrected chi connectivity index (χ1v) is 8.83. The number of aryl methyl sites for hydroxylation is 2. The summed E-state index contributed by atoms with van der Waals surface area (Å²) in [5, 5.41) is 16.1. The first-order chi connectivity index (χ1) is 12.2. The maximum Gasteiger partial charge on any atom is 0.230 e. The molecule has 0 radical (unpaired) electrons. The minimum atomic E-state index is -0.247. The number of carbonyl (C=O) groups is 1.